The smallest absolute Gasteiger partial charge is 0.270 e. The molecule has 5 heteroatoms. The SMILES string of the molecule is C[C@H]1CCCN1C(=O)C1=CSCN1CC1(O)CC1. The van der Waals surface area contributed by atoms with Crippen LogP contribution in [0.5, 0.6) is 0 Å². The number of hydrogen-bond donors (Lipinski definition) is 1. The zero-order valence-electron chi connectivity index (χ0n) is 10.8. The Morgan fingerprint density at radius 2 is 2.39 bits per heavy atom. The van der Waals surface area contributed by atoms with Crippen molar-refractivity contribution in [2.24, 2.45) is 0 Å². The summed E-state index contributed by atoms with van der Waals surface area (Å²) in [6, 6.07) is 0.356. The third-order valence-corrected chi connectivity index (χ3v) is 4.96. The molecular weight excluding hydrogens is 248 g/mol. The molecule has 1 aliphatic carbocycles. The highest BCUT2D eigenvalue weighted by Crippen LogP contribution is 2.39. The van der Waals surface area contributed by atoms with Crippen molar-refractivity contribution in [3.63, 3.8) is 0 Å². The van der Waals surface area contributed by atoms with Gasteiger partial charge in [0.25, 0.3) is 5.91 Å². The molecule has 0 aromatic rings. The molecule has 3 rings (SSSR count). The molecule has 0 aromatic heterocycles. The highest BCUT2D eigenvalue weighted by molar-refractivity contribution is 8.02. The van der Waals surface area contributed by atoms with Gasteiger partial charge in [0.1, 0.15) is 5.70 Å². The van der Waals surface area contributed by atoms with Crippen LogP contribution < -0.4 is 0 Å². The van der Waals surface area contributed by atoms with E-state index < -0.39 is 5.60 Å². The van der Waals surface area contributed by atoms with Crippen molar-refractivity contribution in [3.8, 4) is 0 Å². The Kier molecular flexibility index (Phi) is 3.06. The molecule has 0 radical (unpaired) electrons. The van der Waals surface area contributed by atoms with E-state index in [0.717, 1.165) is 43.8 Å². The predicted molar refractivity (Wildman–Crippen MR) is 71.8 cm³/mol. The molecule has 100 valence electrons. The van der Waals surface area contributed by atoms with E-state index in [-0.39, 0.29) is 5.91 Å². The van der Waals surface area contributed by atoms with E-state index in [1.807, 2.05) is 15.2 Å². The first-order chi connectivity index (χ1) is 8.59. The highest BCUT2D eigenvalue weighted by atomic mass is 32.2. The summed E-state index contributed by atoms with van der Waals surface area (Å²) in [5.74, 6) is 0.945. The minimum absolute atomic E-state index is 0.147. The van der Waals surface area contributed by atoms with E-state index in [1.165, 1.54) is 0 Å². The maximum atomic E-state index is 12.5. The first-order valence-electron chi connectivity index (χ1n) is 6.69. The van der Waals surface area contributed by atoms with Crippen molar-refractivity contribution < 1.29 is 9.90 Å². The van der Waals surface area contributed by atoms with Crippen molar-refractivity contribution in [2.75, 3.05) is 19.0 Å². The lowest BCUT2D eigenvalue weighted by molar-refractivity contribution is -0.129. The molecule has 0 aromatic carbocycles. The van der Waals surface area contributed by atoms with Crippen molar-refractivity contribution in [1.82, 2.24) is 9.80 Å². The van der Waals surface area contributed by atoms with Crippen molar-refractivity contribution >= 4 is 17.7 Å². The second kappa shape index (κ2) is 4.46. The lowest BCUT2D eigenvalue weighted by Crippen LogP contribution is -2.41. The molecule has 0 unspecified atom stereocenters. The fraction of sp³-hybridized carbons (Fsp3) is 0.769. The lowest BCUT2D eigenvalue weighted by Gasteiger charge is -2.28. The van der Waals surface area contributed by atoms with Crippen LogP contribution in [-0.4, -0.2) is 51.4 Å². The van der Waals surface area contributed by atoms with E-state index in [2.05, 4.69) is 6.92 Å². The monoisotopic (exact) mass is 268 g/mol. The molecule has 0 bridgehead atoms. The van der Waals surface area contributed by atoms with Crippen molar-refractivity contribution in [1.29, 1.82) is 0 Å². The van der Waals surface area contributed by atoms with Crippen molar-refractivity contribution in [2.45, 2.75) is 44.2 Å². The second-order valence-corrected chi connectivity index (χ2v) is 6.54. The summed E-state index contributed by atoms with van der Waals surface area (Å²) < 4.78 is 0. The number of β-amino-alcohol motifs (C(OH)–C–C–N with tert-alkyl or cyclic N) is 1. The lowest BCUT2D eigenvalue weighted by atomic mass is 10.2. The topological polar surface area (TPSA) is 43.8 Å². The Labute approximate surface area is 112 Å². The summed E-state index contributed by atoms with van der Waals surface area (Å²) in [5, 5.41) is 12.0. The van der Waals surface area contributed by atoms with Gasteiger partial charge < -0.3 is 14.9 Å². The molecule has 1 saturated heterocycles. The second-order valence-electron chi connectivity index (χ2n) is 5.71. The van der Waals surface area contributed by atoms with Crippen LogP contribution in [0.25, 0.3) is 0 Å². The van der Waals surface area contributed by atoms with E-state index in [9.17, 15) is 9.90 Å². The minimum atomic E-state index is -0.527. The first kappa shape index (κ1) is 12.4. The standard InChI is InChI=1S/C13H20N2O2S/c1-10-3-2-6-15(10)12(16)11-7-18-9-14(11)8-13(17)4-5-13/h7,10,17H,2-6,8-9H2,1H3/t10-/m0/s1. The Hall–Kier alpha value is -0.680. The van der Waals surface area contributed by atoms with Gasteiger partial charge in [-0.25, -0.2) is 0 Å². The van der Waals surface area contributed by atoms with Crippen LogP contribution in [0.3, 0.4) is 0 Å². The largest absolute Gasteiger partial charge is 0.388 e. The fourth-order valence-corrected chi connectivity index (χ4v) is 3.60. The molecule has 18 heavy (non-hydrogen) atoms. The minimum Gasteiger partial charge on any atom is -0.388 e. The van der Waals surface area contributed by atoms with Gasteiger partial charge in [-0.2, -0.15) is 0 Å². The maximum absolute atomic E-state index is 12.5. The summed E-state index contributed by atoms with van der Waals surface area (Å²) >= 11 is 1.65. The summed E-state index contributed by atoms with van der Waals surface area (Å²) in [4.78, 5) is 16.5. The summed E-state index contributed by atoms with van der Waals surface area (Å²) in [6.07, 6.45) is 3.96. The number of nitrogens with zero attached hydrogens (tertiary/aromatic N) is 2. The number of likely N-dealkylation sites (tertiary alicyclic amines) is 1. The number of hydrogen-bond acceptors (Lipinski definition) is 4. The van der Waals surface area contributed by atoms with Crippen LogP contribution in [0, 0.1) is 0 Å². The quantitative estimate of drug-likeness (QED) is 0.839. The Morgan fingerprint density at radius 1 is 1.61 bits per heavy atom. The zero-order chi connectivity index (χ0) is 12.8. The third-order valence-electron chi connectivity index (χ3n) is 4.11. The normalized spacial score (nSPS) is 29.7. The van der Waals surface area contributed by atoms with Gasteiger partial charge in [-0.15, -0.1) is 11.8 Å². The number of thioether (sulfide) groups is 1. The van der Waals surface area contributed by atoms with Gasteiger partial charge in [0.05, 0.1) is 11.5 Å². The molecule has 1 N–H and O–H groups in total. The van der Waals surface area contributed by atoms with Gasteiger partial charge in [-0.05, 0) is 32.6 Å². The highest BCUT2D eigenvalue weighted by Gasteiger charge is 2.44. The molecule has 0 spiro atoms. The average molecular weight is 268 g/mol. The number of aliphatic hydroxyl groups is 1. The molecule has 2 fully saturated rings. The van der Waals surface area contributed by atoms with Crippen LogP contribution in [0.2, 0.25) is 0 Å². The van der Waals surface area contributed by atoms with Crippen LogP contribution in [0.15, 0.2) is 11.1 Å². The number of amides is 1. The molecular formula is C13H20N2O2S. The Morgan fingerprint density at radius 3 is 3.00 bits per heavy atom. The fourth-order valence-electron chi connectivity index (χ4n) is 2.71. The number of carbonyl (C=O) groups is 1. The number of rotatable bonds is 3. The molecule has 2 aliphatic heterocycles. The molecule has 1 amide bonds. The van der Waals surface area contributed by atoms with E-state index in [1.54, 1.807) is 11.8 Å². The van der Waals surface area contributed by atoms with Gasteiger partial charge in [-0.1, -0.05) is 0 Å². The maximum Gasteiger partial charge on any atom is 0.270 e. The molecule has 1 atom stereocenters. The van der Waals surface area contributed by atoms with Gasteiger partial charge in [0, 0.05) is 24.5 Å². The molecule has 3 aliphatic rings. The zero-order valence-corrected chi connectivity index (χ0v) is 11.6. The van der Waals surface area contributed by atoms with Gasteiger partial charge in [0.15, 0.2) is 0 Å². The van der Waals surface area contributed by atoms with Crippen LogP contribution in [-0.2, 0) is 4.79 Å². The van der Waals surface area contributed by atoms with Crippen LogP contribution in [0.4, 0.5) is 0 Å². The summed E-state index contributed by atoms with van der Waals surface area (Å²) in [6.45, 7) is 3.60. The van der Waals surface area contributed by atoms with Crippen molar-refractivity contribution in [3.05, 3.63) is 11.1 Å². The summed E-state index contributed by atoms with van der Waals surface area (Å²) in [5.41, 5.74) is 0.259. The van der Waals surface area contributed by atoms with Crippen LogP contribution >= 0.6 is 11.8 Å². The Bertz CT molecular complexity index is 392. The molecule has 2 heterocycles. The predicted octanol–water partition coefficient (Wildman–Crippen LogP) is 1.37. The Balaban J connectivity index is 1.68. The van der Waals surface area contributed by atoms with Gasteiger partial charge >= 0.3 is 0 Å². The first-order valence-corrected chi connectivity index (χ1v) is 7.74. The van der Waals surface area contributed by atoms with Gasteiger partial charge in [0.2, 0.25) is 0 Å². The molecule has 4 nitrogen and oxygen atoms in total. The number of carbonyl (C=O) groups excluding carboxylic acids is 1. The molecule has 1 saturated carbocycles. The van der Waals surface area contributed by atoms with E-state index >= 15 is 0 Å². The average Bonchev–Trinajstić information content (AvgIpc) is 2.78. The third kappa shape index (κ3) is 2.26. The van der Waals surface area contributed by atoms with Gasteiger partial charge in [-0.3, -0.25) is 4.79 Å². The van der Waals surface area contributed by atoms with Crippen LogP contribution in [0.1, 0.15) is 32.6 Å². The summed E-state index contributed by atoms with van der Waals surface area (Å²) in [7, 11) is 0. The van der Waals surface area contributed by atoms with E-state index in [4.69, 9.17) is 0 Å². The van der Waals surface area contributed by atoms with E-state index in [0.29, 0.717) is 12.6 Å².